The summed E-state index contributed by atoms with van der Waals surface area (Å²) < 4.78 is 16.2. The number of carbonyl (C=O) groups excluding carboxylic acids is 1. The van der Waals surface area contributed by atoms with Crippen LogP contribution in [0, 0.1) is 0 Å². The first-order valence-electron chi connectivity index (χ1n) is 9.87. The SMILES string of the molecule is COc1ccc(N2C(=O)C(C)N(c3ccc(N4CCOCC4)cc3)C2=S)c(OC)c1. The number of methoxy groups -OCH3 is 2. The highest BCUT2D eigenvalue weighted by Crippen LogP contribution is 2.37. The highest BCUT2D eigenvalue weighted by Gasteiger charge is 2.42. The first kappa shape index (κ1) is 20.4. The van der Waals surface area contributed by atoms with Crippen LogP contribution >= 0.6 is 12.2 Å². The molecule has 0 N–H and O–H groups in total. The van der Waals surface area contributed by atoms with Crippen molar-refractivity contribution in [3.05, 3.63) is 42.5 Å². The third-order valence-electron chi connectivity index (χ3n) is 5.49. The predicted molar refractivity (Wildman–Crippen MR) is 121 cm³/mol. The van der Waals surface area contributed by atoms with Crippen LogP contribution in [0.5, 0.6) is 11.5 Å². The number of morpholine rings is 1. The Morgan fingerprint density at radius 2 is 1.67 bits per heavy atom. The van der Waals surface area contributed by atoms with E-state index < -0.39 is 6.04 Å². The molecule has 0 aromatic heterocycles. The minimum absolute atomic E-state index is 0.0966. The molecule has 2 fully saturated rings. The molecule has 1 unspecified atom stereocenters. The van der Waals surface area contributed by atoms with Crippen molar-refractivity contribution in [1.29, 1.82) is 0 Å². The summed E-state index contributed by atoms with van der Waals surface area (Å²) in [5.74, 6) is 1.08. The Morgan fingerprint density at radius 1 is 1.00 bits per heavy atom. The third-order valence-corrected chi connectivity index (χ3v) is 5.87. The molecule has 158 valence electrons. The van der Waals surface area contributed by atoms with Gasteiger partial charge in [0.1, 0.15) is 17.5 Å². The van der Waals surface area contributed by atoms with Crippen molar-refractivity contribution in [2.75, 3.05) is 55.2 Å². The zero-order valence-corrected chi connectivity index (χ0v) is 18.1. The Morgan fingerprint density at radius 3 is 2.30 bits per heavy atom. The van der Waals surface area contributed by atoms with E-state index >= 15 is 0 Å². The Hall–Kier alpha value is -2.84. The number of hydrogen-bond acceptors (Lipinski definition) is 6. The van der Waals surface area contributed by atoms with E-state index in [2.05, 4.69) is 17.0 Å². The lowest BCUT2D eigenvalue weighted by molar-refractivity contribution is -0.117. The average Bonchev–Trinajstić information content (AvgIpc) is 3.02. The summed E-state index contributed by atoms with van der Waals surface area (Å²) in [5.41, 5.74) is 2.63. The van der Waals surface area contributed by atoms with Crippen LogP contribution in [0.25, 0.3) is 0 Å². The van der Waals surface area contributed by atoms with E-state index in [1.807, 2.05) is 24.0 Å². The molecule has 0 saturated carbocycles. The maximum Gasteiger partial charge on any atom is 0.256 e. The molecule has 0 spiro atoms. The number of ether oxygens (including phenoxy) is 3. The van der Waals surface area contributed by atoms with Crippen molar-refractivity contribution in [3.63, 3.8) is 0 Å². The van der Waals surface area contributed by atoms with Gasteiger partial charge in [-0.3, -0.25) is 9.69 Å². The molecule has 2 heterocycles. The molecule has 1 amide bonds. The van der Waals surface area contributed by atoms with Crippen LogP contribution in [0.3, 0.4) is 0 Å². The van der Waals surface area contributed by atoms with Gasteiger partial charge in [0, 0.05) is 30.5 Å². The first-order chi connectivity index (χ1) is 14.5. The molecule has 4 rings (SSSR count). The summed E-state index contributed by atoms with van der Waals surface area (Å²) in [5, 5.41) is 0.426. The molecule has 8 heteroatoms. The topological polar surface area (TPSA) is 54.5 Å². The lowest BCUT2D eigenvalue weighted by Crippen LogP contribution is -2.36. The van der Waals surface area contributed by atoms with E-state index in [1.165, 1.54) is 4.90 Å². The Bertz CT molecular complexity index is 944. The van der Waals surface area contributed by atoms with Crippen molar-refractivity contribution in [3.8, 4) is 11.5 Å². The molecule has 2 aliphatic rings. The normalized spacial score (nSPS) is 19.4. The van der Waals surface area contributed by atoms with Crippen molar-refractivity contribution in [2.24, 2.45) is 0 Å². The van der Waals surface area contributed by atoms with Crippen molar-refractivity contribution < 1.29 is 19.0 Å². The zero-order valence-electron chi connectivity index (χ0n) is 17.3. The monoisotopic (exact) mass is 427 g/mol. The van der Waals surface area contributed by atoms with E-state index in [4.69, 9.17) is 26.4 Å². The van der Waals surface area contributed by atoms with Crippen LogP contribution in [0.4, 0.5) is 17.1 Å². The fourth-order valence-electron chi connectivity index (χ4n) is 3.84. The molecule has 2 aliphatic heterocycles. The van der Waals surface area contributed by atoms with Gasteiger partial charge in [-0.2, -0.15) is 0 Å². The quantitative estimate of drug-likeness (QED) is 0.680. The lowest BCUT2D eigenvalue weighted by atomic mass is 10.2. The van der Waals surface area contributed by atoms with E-state index in [0.717, 1.165) is 37.7 Å². The highest BCUT2D eigenvalue weighted by molar-refractivity contribution is 7.81. The van der Waals surface area contributed by atoms with Gasteiger partial charge in [-0.25, -0.2) is 0 Å². The molecule has 2 saturated heterocycles. The van der Waals surface area contributed by atoms with E-state index in [9.17, 15) is 4.79 Å². The van der Waals surface area contributed by atoms with E-state index in [0.29, 0.717) is 22.3 Å². The molecule has 30 heavy (non-hydrogen) atoms. The zero-order chi connectivity index (χ0) is 21.3. The summed E-state index contributed by atoms with van der Waals surface area (Å²) >= 11 is 5.72. The second kappa shape index (κ2) is 8.49. The van der Waals surface area contributed by atoms with Crippen LogP contribution in [0.1, 0.15) is 6.92 Å². The molecule has 2 aromatic rings. The number of rotatable bonds is 5. The second-order valence-electron chi connectivity index (χ2n) is 7.16. The van der Waals surface area contributed by atoms with Gasteiger partial charge >= 0.3 is 0 Å². The number of anilines is 3. The minimum atomic E-state index is -0.418. The largest absolute Gasteiger partial charge is 0.497 e. The molecular formula is C22H25N3O4S. The van der Waals surface area contributed by atoms with Crippen molar-refractivity contribution in [1.82, 2.24) is 0 Å². The number of carbonyl (C=O) groups is 1. The van der Waals surface area contributed by atoms with Crippen molar-refractivity contribution in [2.45, 2.75) is 13.0 Å². The van der Waals surface area contributed by atoms with E-state index in [-0.39, 0.29) is 5.91 Å². The van der Waals surface area contributed by atoms with Gasteiger partial charge in [-0.15, -0.1) is 0 Å². The summed E-state index contributed by atoms with van der Waals surface area (Å²) in [7, 11) is 3.15. The molecule has 1 atom stereocenters. The summed E-state index contributed by atoms with van der Waals surface area (Å²) in [6.45, 7) is 5.09. The number of thiocarbonyl (C=S) groups is 1. The number of nitrogens with zero attached hydrogens (tertiary/aromatic N) is 3. The molecule has 7 nitrogen and oxygen atoms in total. The fourth-order valence-corrected chi connectivity index (χ4v) is 4.29. The van der Waals surface area contributed by atoms with Gasteiger partial charge in [0.15, 0.2) is 5.11 Å². The molecule has 0 bridgehead atoms. The molecule has 0 aliphatic carbocycles. The van der Waals surface area contributed by atoms with Gasteiger partial charge in [0.05, 0.1) is 33.1 Å². The maximum atomic E-state index is 13.1. The first-order valence-corrected chi connectivity index (χ1v) is 10.3. The van der Waals surface area contributed by atoms with Gasteiger partial charge in [0.25, 0.3) is 5.91 Å². The van der Waals surface area contributed by atoms with Crippen LogP contribution < -0.4 is 24.2 Å². The standard InChI is InChI=1S/C22H25N3O4S/c1-15-21(26)25(19-9-8-18(27-2)14-20(19)28-3)22(30)24(15)17-6-4-16(5-7-17)23-10-12-29-13-11-23/h4-9,14-15H,10-13H2,1-3H3. The Balaban J connectivity index is 1.62. The van der Waals surface area contributed by atoms with Crippen LogP contribution in [-0.4, -0.2) is 57.6 Å². The van der Waals surface area contributed by atoms with Gasteiger partial charge in [0.2, 0.25) is 0 Å². The minimum Gasteiger partial charge on any atom is -0.497 e. The van der Waals surface area contributed by atoms with Crippen molar-refractivity contribution >= 4 is 40.3 Å². The van der Waals surface area contributed by atoms with Gasteiger partial charge in [-0.1, -0.05) is 0 Å². The van der Waals surface area contributed by atoms with E-state index in [1.54, 1.807) is 32.4 Å². The van der Waals surface area contributed by atoms with Gasteiger partial charge in [-0.05, 0) is 55.5 Å². The summed E-state index contributed by atoms with van der Waals surface area (Å²) in [6, 6.07) is 13.1. The van der Waals surface area contributed by atoms with Crippen LogP contribution in [0.2, 0.25) is 0 Å². The third kappa shape index (κ3) is 3.57. The summed E-state index contributed by atoms with van der Waals surface area (Å²) in [4.78, 5) is 18.8. The fraction of sp³-hybridized carbons (Fsp3) is 0.364. The predicted octanol–water partition coefficient (Wildman–Crippen LogP) is 3.07. The highest BCUT2D eigenvalue weighted by atomic mass is 32.1. The Labute approximate surface area is 181 Å². The average molecular weight is 428 g/mol. The second-order valence-corrected chi connectivity index (χ2v) is 7.52. The number of amides is 1. The molecule has 2 aromatic carbocycles. The Kier molecular flexibility index (Phi) is 5.78. The number of benzene rings is 2. The van der Waals surface area contributed by atoms with Crippen LogP contribution in [0.15, 0.2) is 42.5 Å². The molecule has 0 radical (unpaired) electrons. The summed E-state index contributed by atoms with van der Waals surface area (Å²) in [6.07, 6.45) is 0. The van der Waals surface area contributed by atoms with Crippen LogP contribution in [-0.2, 0) is 9.53 Å². The molecular weight excluding hydrogens is 402 g/mol. The maximum absolute atomic E-state index is 13.1. The van der Waals surface area contributed by atoms with Gasteiger partial charge < -0.3 is 24.0 Å². The smallest absolute Gasteiger partial charge is 0.256 e. The number of hydrogen-bond donors (Lipinski definition) is 0. The lowest BCUT2D eigenvalue weighted by Gasteiger charge is -2.29.